The standard InChI is InChI=1S/C18H17FN4O2S/c1-10-7-14-15(8-11(10)2)21-18-17(20-14)13-9-12(19)5-6-16(13)23(18)26(24,25)22(3)4/h5-9H,1-4H3. The number of aromatic nitrogens is 3. The summed E-state index contributed by atoms with van der Waals surface area (Å²) in [7, 11) is -0.976. The Morgan fingerprint density at radius 2 is 1.62 bits per heavy atom. The summed E-state index contributed by atoms with van der Waals surface area (Å²) in [6.07, 6.45) is 0. The lowest BCUT2D eigenvalue weighted by Crippen LogP contribution is -2.28. The van der Waals surface area contributed by atoms with Gasteiger partial charge in [0.05, 0.1) is 16.6 Å². The monoisotopic (exact) mass is 372 g/mol. The van der Waals surface area contributed by atoms with Gasteiger partial charge < -0.3 is 0 Å². The summed E-state index contributed by atoms with van der Waals surface area (Å²) in [5, 5.41) is 0.415. The first-order valence-corrected chi connectivity index (χ1v) is 9.41. The zero-order valence-electron chi connectivity index (χ0n) is 14.8. The SMILES string of the molecule is Cc1cc2nc3c4cc(F)ccc4n(S(=O)(=O)N(C)C)c3nc2cc1C. The van der Waals surface area contributed by atoms with Gasteiger partial charge in [-0.1, -0.05) is 0 Å². The van der Waals surface area contributed by atoms with Gasteiger partial charge in [-0.05, 0) is 55.3 Å². The highest BCUT2D eigenvalue weighted by molar-refractivity contribution is 7.87. The lowest BCUT2D eigenvalue weighted by atomic mass is 10.1. The van der Waals surface area contributed by atoms with Crippen molar-refractivity contribution in [2.45, 2.75) is 13.8 Å². The minimum absolute atomic E-state index is 0.190. The number of benzene rings is 2. The summed E-state index contributed by atoms with van der Waals surface area (Å²) in [4.78, 5) is 9.18. The van der Waals surface area contributed by atoms with Crippen LogP contribution in [0, 0.1) is 19.7 Å². The first kappa shape index (κ1) is 16.9. The normalized spacial score (nSPS) is 12.7. The second-order valence-corrected chi connectivity index (χ2v) is 8.53. The van der Waals surface area contributed by atoms with Crippen LogP contribution in [0.15, 0.2) is 30.3 Å². The van der Waals surface area contributed by atoms with Crippen molar-refractivity contribution in [3.8, 4) is 0 Å². The molecule has 2 heterocycles. The lowest BCUT2D eigenvalue weighted by molar-refractivity contribution is 0.514. The average molecular weight is 372 g/mol. The average Bonchev–Trinajstić information content (AvgIpc) is 2.87. The lowest BCUT2D eigenvalue weighted by Gasteiger charge is -2.14. The van der Waals surface area contributed by atoms with Crippen LogP contribution in [0.2, 0.25) is 0 Å². The van der Waals surface area contributed by atoms with Crippen molar-refractivity contribution in [3.05, 3.63) is 47.3 Å². The van der Waals surface area contributed by atoms with Gasteiger partial charge in [-0.2, -0.15) is 12.7 Å². The van der Waals surface area contributed by atoms with Gasteiger partial charge in [0.1, 0.15) is 11.3 Å². The van der Waals surface area contributed by atoms with E-state index in [1.807, 2.05) is 26.0 Å². The molecule has 0 bridgehead atoms. The Labute approximate surface area is 150 Å². The van der Waals surface area contributed by atoms with Crippen LogP contribution in [0.25, 0.3) is 33.1 Å². The van der Waals surface area contributed by atoms with E-state index in [0.29, 0.717) is 27.5 Å². The van der Waals surface area contributed by atoms with Crippen molar-refractivity contribution in [2.75, 3.05) is 14.1 Å². The molecule has 26 heavy (non-hydrogen) atoms. The molecule has 6 nitrogen and oxygen atoms in total. The van der Waals surface area contributed by atoms with E-state index in [4.69, 9.17) is 0 Å². The maximum Gasteiger partial charge on any atom is 0.309 e. The van der Waals surface area contributed by atoms with Gasteiger partial charge >= 0.3 is 10.2 Å². The zero-order chi connectivity index (χ0) is 18.8. The van der Waals surface area contributed by atoms with Crippen LogP contribution in [0.5, 0.6) is 0 Å². The summed E-state index contributed by atoms with van der Waals surface area (Å²) in [6, 6.07) is 7.75. The number of halogens is 1. The summed E-state index contributed by atoms with van der Waals surface area (Å²) < 4.78 is 41.8. The molecule has 0 saturated heterocycles. The first-order valence-electron chi connectivity index (χ1n) is 8.02. The topological polar surface area (TPSA) is 68.1 Å². The Bertz CT molecular complexity index is 1310. The molecule has 0 saturated carbocycles. The van der Waals surface area contributed by atoms with Gasteiger partial charge in [-0.25, -0.2) is 18.3 Å². The largest absolute Gasteiger partial charge is 0.309 e. The van der Waals surface area contributed by atoms with E-state index in [-0.39, 0.29) is 5.65 Å². The third-order valence-corrected chi connectivity index (χ3v) is 6.33. The van der Waals surface area contributed by atoms with Crippen molar-refractivity contribution >= 4 is 43.3 Å². The van der Waals surface area contributed by atoms with Crippen molar-refractivity contribution < 1.29 is 12.8 Å². The molecule has 0 aliphatic carbocycles. The van der Waals surface area contributed by atoms with E-state index in [0.717, 1.165) is 19.4 Å². The molecule has 8 heteroatoms. The molecule has 2 aromatic heterocycles. The van der Waals surface area contributed by atoms with Crippen LogP contribution < -0.4 is 0 Å². The summed E-state index contributed by atoms with van der Waals surface area (Å²) in [6.45, 7) is 3.93. The quantitative estimate of drug-likeness (QED) is 0.542. The molecular weight excluding hydrogens is 355 g/mol. The van der Waals surface area contributed by atoms with Gasteiger partial charge in [-0.15, -0.1) is 0 Å². The summed E-state index contributed by atoms with van der Waals surface area (Å²) in [5.41, 5.74) is 4.23. The van der Waals surface area contributed by atoms with Gasteiger partial charge in [0.25, 0.3) is 0 Å². The smallest absolute Gasteiger partial charge is 0.242 e. The van der Waals surface area contributed by atoms with E-state index in [2.05, 4.69) is 9.97 Å². The number of hydrogen-bond donors (Lipinski definition) is 0. The molecule has 0 N–H and O–H groups in total. The van der Waals surface area contributed by atoms with E-state index in [9.17, 15) is 12.8 Å². The van der Waals surface area contributed by atoms with Crippen LogP contribution >= 0.6 is 0 Å². The van der Waals surface area contributed by atoms with Crippen molar-refractivity contribution in [3.63, 3.8) is 0 Å². The Kier molecular flexibility index (Phi) is 3.54. The summed E-state index contributed by atoms with van der Waals surface area (Å²) >= 11 is 0. The van der Waals surface area contributed by atoms with E-state index < -0.39 is 16.0 Å². The second kappa shape index (κ2) is 5.46. The molecule has 0 aliphatic rings. The molecule has 0 unspecified atom stereocenters. The van der Waals surface area contributed by atoms with Crippen molar-refractivity contribution in [1.82, 2.24) is 18.2 Å². The van der Waals surface area contributed by atoms with Crippen LogP contribution in [-0.2, 0) is 10.2 Å². The van der Waals surface area contributed by atoms with Crippen molar-refractivity contribution in [1.29, 1.82) is 0 Å². The highest BCUT2D eigenvalue weighted by Gasteiger charge is 2.25. The molecule has 0 fully saturated rings. The fraction of sp³-hybridized carbons (Fsp3) is 0.222. The minimum atomic E-state index is -3.86. The number of hydrogen-bond acceptors (Lipinski definition) is 4. The van der Waals surface area contributed by atoms with Crippen LogP contribution in [0.1, 0.15) is 11.1 Å². The van der Waals surface area contributed by atoms with E-state index in [1.165, 1.54) is 32.3 Å². The Morgan fingerprint density at radius 1 is 1.00 bits per heavy atom. The number of aryl methyl sites for hydroxylation is 2. The van der Waals surface area contributed by atoms with Crippen LogP contribution in [0.3, 0.4) is 0 Å². The predicted molar refractivity (Wildman–Crippen MR) is 100.0 cm³/mol. The number of fused-ring (bicyclic) bond motifs is 4. The number of nitrogens with zero attached hydrogens (tertiary/aromatic N) is 4. The Balaban J connectivity index is 2.27. The molecule has 134 valence electrons. The molecule has 4 rings (SSSR count). The van der Waals surface area contributed by atoms with Gasteiger partial charge in [0, 0.05) is 19.5 Å². The van der Waals surface area contributed by atoms with Crippen molar-refractivity contribution in [2.24, 2.45) is 0 Å². The van der Waals surface area contributed by atoms with E-state index >= 15 is 0 Å². The third-order valence-electron chi connectivity index (χ3n) is 4.58. The van der Waals surface area contributed by atoms with Crippen LogP contribution in [-0.4, -0.2) is 40.8 Å². The van der Waals surface area contributed by atoms with E-state index in [1.54, 1.807) is 0 Å². The molecule has 0 atom stereocenters. The number of rotatable bonds is 2. The Morgan fingerprint density at radius 3 is 2.23 bits per heavy atom. The summed E-state index contributed by atoms with van der Waals surface area (Å²) in [5.74, 6) is -0.458. The maximum atomic E-state index is 13.8. The molecule has 2 aromatic carbocycles. The zero-order valence-corrected chi connectivity index (χ0v) is 15.6. The fourth-order valence-electron chi connectivity index (χ4n) is 3.01. The van der Waals surface area contributed by atoms with Crippen LogP contribution in [0.4, 0.5) is 4.39 Å². The third kappa shape index (κ3) is 2.29. The highest BCUT2D eigenvalue weighted by atomic mass is 32.2. The van der Waals surface area contributed by atoms with Gasteiger partial charge in [0.15, 0.2) is 5.65 Å². The van der Waals surface area contributed by atoms with Gasteiger partial charge in [0.2, 0.25) is 0 Å². The maximum absolute atomic E-state index is 13.8. The van der Waals surface area contributed by atoms with Gasteiger partial charge in [-0.3, -0.25) is 0 Å². The first-order chi connectivity index (χ1) is 12.2. The minimum Gasteiger partial charge on any atom is -0.242 e. The molecule has 4 aromatic rings. The fourth-order valence-corrected chi connectivity index (χ4v) is 4.09. The molecule has 0 amide bonds. The molecule has 0 spiro atoms. The molecule has 0 radical (unpaired) electrons. The predicted octanol–water partition coefficient (Wildman–Crippen LogP) is 3.15. The molecule has 0 aliphatic heterocycles. The highest BCUT2D eigenvalue weighted by Crippen LogP contribution is 2.31. The Hall–Kier alpha value is -2.58. The second-order valence-electron chi connectivity index (χ2n) is 6.54. The molecular formula is C18H17FN4O2S.